The van der Waals surface area contributed by atoms with Gasteiger partial charge in [0, 0.05) is 11.9 Å². The van der Waals surface area contributed by atoms with Gasteiger partial charge in [0.15, 0.2) is 10.8 Å². The summed E-state index contributed by atoms with van der Waals surface area (Å²) in [6, 6.07) is 0. The van der Waals surface area contributed by atoms with E-state index < -0.39 is 0 Å². The van der Waals surface area contributed by atoms with Crippen LogP contribution in [0.4, 0.5) is 0 Å². The maximum atomic E-state index is 11.8. The molecule has 0 unspecified atom stereocenters. The Balaban J connectivity index is 2.08. The SMILES string of the molecule is Cc1noc(-c2csc(C(=O)NCC(C)C)n2)n1. The molecule has 7 heteroatoms. The molecule has 0 saturated heterocycles. The maximum Gasteiger partial charge on any atom is 0.280 e. The Hall–Kier alpha value is -1.76. The van der Waals surface area contributed by atoms with Crippen LogP contribution in [0.5, 0.6) is 0 Å². The molecule has 6 nitrogen and oxygen atoms in total. The highest BCUT2D eigenvalue weighted by molar-refractivity contribution is 7.12. The van der Waals surface area contributed by atoms with Crippen LogP contribution in [0.15, 0.2) is 9.90 Å². The Bertz CT molecular complexity index is 547. The van der Waals surface area contributed by atoms with Gasteiger partial charge in [0.05, 0.1) is 0 Å². The van der Waals surface area contributed by atoms with Gasteiger partial charge in [-0.15, -0.1) is 11.3 Å². The van der Waals surface area contributed by atoms with Gasteiger partial charge >= 0.3 is 0 Å². The fourth-order valence-electron chi connectivity index (χ4n) is 1.25. The number of nitrogens with zero attached hydrogens (tertiary/aromatic N) is 3. The number of hydrogen-bond donors (Lipinski definition) is 1. The van der Waals surface area contributed by atoms with Gasteiger partial charge in [-0.25, -0.2) is 4.98 Å². The normalized spacial score (nSPS) is 10.9. The van der Waals surface area contributed by atoms with Crippen LogP contribution in [-0.4, -0.2) is 27.6 Å². The van der Waals surface area contributed by atoms with E-state index in [1.54, 1.807) is 12.3 Å². The fourth-order valence-corrected chi connectivity index (χ4v) is 1.96. The Morgan fingerprint density at radius 1 is 1.50 bits per heavy atom. The molecule has 0 aliphatic rings. The predicted molar refractivity (Wildman–Crippen MR) is 67.3 cm³/mol. The molecule has 2 rings (SSSR count). The summed E-state index contributed by atoms with van der Waals surface area (Å²) < 4.78 is 4.99. The molecule has 0 aromatic carbocycles. The predicted octanol–water partition coefficient (Wildman–Crippen LogP) is 1.89. The molecule has 0 aliphatic carbocycles. The molecule has 2 aromatic rings. The molecule has 96 valence electrons. The van der Waals surface area contributed by atoms with Crippen molar-refractivity contribution in [1.82, 2.24) is 20.4 Å². The van der Waals surface area contributed by atoms with E-state index in [4.69, 9.17) is 4.52 Å². The lowest BCUT2D eigenvalue weighted by molar-refractivity contribution is 0.0948. The second kappa shape index (κ2) is 5.26. The first-order valence-corrected chi connectivity index (χ1v) is 6.48. The van der Waals surface area contributed by atoms with Crippen molar-refractivity contribution in [3.63, 3.8) is 0 Å². The topological polar surface area (TPSA) is 80.9 Å². The summed E-state index contributed by atoms with van der Waals surface area (Å²) in [5, 5.41) is 8.63. The molecular formula is C11H14N4O2S. The number of amides is 1. The molecular weight excluding hydrogens is 252 g/mol. The number of aryl methyl sites for hydroxylation is 1. The van der Waals surface area contributed by atoms with Crippen LogP contribution in [0.2, 0.25) is 0 Å². The van der Waals surface area contributed by atoms with Crippen LogP contribution in [0.3, 0.4) is 0 Å². The molecule has 0 atom stereocenters. The van der Waals surface area contributed by atoms with E-state index in [0.29, 0.717) is 34.9 Å². The van der Waals surface area contributed by atoms with Gasteiger partial charge in [-0.05, 0) is 12.8 Å². The van der Waals surface area contributed by atoms with Gasteiger partial charge in [-0.2, -0.15) is 4.98 Å². The van der Waals surface area contributed by atoms with Crippen molar-refractivity contribution in [2.45, 2.75) is 20.8 Å². The molecule has 1 N–H and O–H groups in total. The van der Waals surface area contributed by atoms with Crippen LogP contribution in [0.1, 0.15) is 29.5 Å². The summed E-state index contributed by atoms with van der Waals surface area (Å²) in [7, 11) is 0. The van der Waals surface area contributed by atoms with E-state index in [2.05, 4.69) is 20.4 Å². The van der Waals surface area contributed by atoms with E-state index in [9.17, 15) is 4.79 Å². The molecule has 1 amide bonds. The Morgan fingerprint density at radius 3 is 2.89 bits per heavy atom. The first kappa shape index (κ1) is 12.7. The number of aromatic nitrogens is 3. The zero-order valence-electron chi connectivity index (χ0n) is 10.4. The smallest absolute Gasteiger partial charge is 0.280 e. The highest BCUT2D eigenvalue weighted by Gasteiger charge is 2.15. The first-order valence-electron chi connectivity index (χ1n) is 5.60. The van der Waals surface area contributed by atoms with Crippen molar-refractivity contribution in [1.29, 1.82) is 0 Å². The average Bonchev–Trinajstić information content (AvgIpc) is 2.93. The minimum Gasteiger partial charge on any atom is -0.350 e. The second-order valence-electron chi connectivity index (χ2n) is 4.29. The van der Waals surface area contributed by atoms with Crippen molar-refractivity contribution in [2.24, 2.45) is 5.92 Å². The molecule has 0 aliphatic heterocycles. The van der Waals surface area contributed by atoms with E-state index >= 15 is 0 Å². The summed E-state index contributed by atoms with van der Waals surface area (Å²) in [5.41, 5.74) is 0.537. The van der Waals surface area contributed by atoms with Crippen LogP contribution >= 0.6 is 11.3 Å². The second-order valence-corrected chi connectivity index (χ2v) is 5.15. The van der Waals surface area contributed by atoms with E-state index in [-0.39, 0.29) is 5.91 Å². The van der Waals surface area contributed by atoms with Gasteiger partial charge in [-0.1, -0.05) is 19.0 Å². The van der Waals surface area contributed by atoms with Crippen molar-refractivity contribution in [2.75, 3.05) is 6.54 Å². The van der Waals surface area contributed by atoms with Gasteiger partial charge < -0.3 is 9.84 Å². The van der Waals surface area contributed by atoms with E-state index in [0.717, 1.165) is 0 Å². The third kappa shape index (κ3) is 2.92. The van der Waals surface area contributed by atoms with Crippen molar-refractivity contribution >= 4 is 17.2 Å². The third-order valence-electron chi connectivity index (χ3n) is 2.12. The lowest BCUT2D eigenvalue weighted by Crippen LogP contribution is -2.27. The highest BCUT2D eigenvalue weighted by atomic mass is 32.1. The van der Waals surface area contributed by atoms with E-state index in [1.165, 1.54) is 11.3 Å². The number of hydrogen-bond acceptors (Lipinski definition) is 6. The standard InChI is InChI=1S/C11H14N4O2S/c1-6(2)4-12-9(16)11-14-8(5-18-11)10-13-7(3)15-17-10/h5-6H,4H2,1-3H3,(H,12,16). The van der Waals surface area contributed by atoms with Crippen LogP contribution in [-0.2, 0) is 0 Å². The van der Waals surface area contributed by atoms with Gasteiger partial charge in [0.2, 0.25) is 0 Å². The summed E-state index contributed by atoms with van der Waals surface area (Å²) in [6.07, 6.45) is 0. The molecule has 18 heavy (non-hydrogen) atoms. The van der Waals surface area contributed by atoms with Gasteiger partial charge in [-0.3, -0.25) is 4.79 Å². The number of rotatable bonds is 4. The first-order chi connectivity index (χ1) is 8.56. The summed E-state index contributed by atoms with van der Waals surface area (Å²) in [6.45, 7) is 6.44. The lowest BCUT2D eigenvalue weighted by Gasteiger charge is -2.04. The number of nitrogens with one attached hydrogen (secondary N) is 1. The largest absolute Gasteiger partial charge is 0.350 e. The number of carbonyl (C=O) groups is 1. The van der Waals surface area contributed by atoms with Gasteiger partial charge in [0.1, 0.15) is 5.69 Å². The molecule has 2 aromatic heterocycles. The summed E-state index contributed by atoms with van der Waals surface area (Å²) >= 11 is 1.26. The van der Waals surface area contributed by atoms with Crippen molar-refractivity contribution in [3.05, 3.63) is 16.2 Å². The quantitative estimate of drug-likeness (QED) is 0.913. The van der Waals surface area contributed by atoms with Crippen LogP contribution in [0, 0.1) is 12.8 Å². The van der Waals surface area contributed by atoms with E-state index in [1.807, 2.05) is 13.8 Å². The number of carbonyl (C=O) groups excluding carboxylic acids is 1. The Labute approximate surface area is 108 Å². The van der Waals surface area contributed by atoms with Crippen molar-refractivity contribution in [3.8, 4) is 11.6 Å². The zero-order chi connectivity index (χ0) is 13.1. The summed E-state index contributed by atoms with van der Waals surface area (Å²) in [4.78, 5) is 20.0. The Morgan fingerprint density at radius 2 is 2.28 bits per heavy atom. The molecule has 0 radical (unpaired) electrons. The number of thiazole rings is 1. The highest BCUT2D eigenvalue weighted by Crippen LogP contribution is 2.19. The Kier molecular flexibility index (Phi) is 3.71. The average molecular weight is 266 g/mol. The minimum absolute atomic E-state index is 0.170. The van der Waals surface area contributed by atoms with Crippen LogP contribution in [0.25, 0.3) is 11.6 Å². The van der Waals surface area contributed by atoms with Gasteiger partial charge in [0.25, 0.3) is 11.8 Å². The maximum absolute atomic E-state index is 11.8. The zero-order valence-corrected chi connectivity index (χ0v) is 11.2. The minimum atomic E-state index is -0.170. The monoisotopic (exact) mass is 266 g/mol. The summed E-state index contributed by atoms with van der Waals surface area (Å²) in [5.74, 6) is 1.12. The molecule has 0 bridgehead atoms. The molecule has 0 saturated carbocycles. The molecule has 0 spiro atoms. The van der Waals surface area contributed by atoms with Crippen LogP contribution < -0.4 is 5.32 Å². The molecule has 2 heterocycles. The van der Waals surface area contributed by atoms with Crippen molar-refractivity contribution < 1.29 is 9.32 Å². The lowest BCUT2D eigenvalue weighted by atomic mass is 10.2. The molecule has 0 fully saturated rings. The third-order valence-corrected chi connectivity index (χ3v) is 2.96. The fraction of sp³-hybridized carbons (Fsp3) is 0.455.